The number of hydrogen-bond donors (Lipinski definition) is 2. The van der Waals surface area contributed by atoms with Crippen LogP contribution in [-0.2, 0) is 0 Å². The van der Waals surface area contributed by atoms with Crippen LogP contribution in [0.1, 0.15) is 52.9 Å². The summed E-state index contributed by atoms with van der Waals surface area (Å²) in [5, 5.41) is 0. The summed E-state index contributed by atoms with van der Waals surface area (Å²) in [6.45, 7) is 8.65. The topological polar surface area (TPSA) is 52.0 Å². The maximum atomic E-state index is 5.55. The molecule has 4 N–H and O–H groups in total. The van der Waals surface area contributed by atoms with Crippen molar-refractivity contribution in [2.75, 3.05) is 13.1 Å². The lowest BCUT2D eigenvalue weighted by Crippen LogP contribution is -2.11. The largest absolute Gasteiger partial charge is 0.330 e. The Labute approximate surface area is 95.8 Å². The van der Waals surface area contributed by atoms with Gasteiger partial charge in [-0.05, 0) is 50.1 Å². The lowest BCUT2D eigenvalue weighted by Gasteiger charge is -2.18. The van der Waals surface area contributed by atoms with E-state index in [1.165, 1.54) is 32.1 Å². The molecular weight excluding hydrogens is 184 g/mol. The van der Waals surface area contributed by atoms with E-state index < -0.39 is 0 Å². The molecule has 0 fully saturated rings. The summed E-state index contributed by atoms with van der Waals surface area (Å²) in [7, 11) is 0. The van der Waals surface area contributed by atoms with Crippen LogP contribution in [0.25, 0.3) is 0 Å². The van der Waals surface area contributed by atoms with Crippen LogP contribution in [0, 0.1) is 17.8 Å². The summed E-state index contributed by atoms with van der Waals surface area (Å²) in [5.41, 5.74) is 11.1. The SMILES string of the molecule is CC(CCN)CCC(C)CC(C)CCN. The van der Waals surface area contributed by atoms with Crippen molar-refractivity contribution in [1.29, 1.82) is 0 Å². The van der Waals surface area contributed by atoms with Gasteiger partial charge in [0, 0.05) is 0 Å². The quantitative estimate of drug-likeness (QED) is 0.620. The molecule has 0 aromatic carbocycles. The number of hydrogen-bond acceptors (Lipinski definition) is 2. The Balaban J connectivity index is 3.51. The Hall–Kier alpha value is -0.0800. The minimum atomic E-state index is 0.787. The molecule has 15 heavy (non-hydrogen) atoms. The van der Waals surface area contributed by atoms with Gasteiger partial charge >= 0.3 is 0 Å². The van der Waals surface area contributed by atoms with Crippen LogP contribution in [0.5, 0.6) is 0 Å². The van der Waals surface area contributed by atoms with Crippen LogP contribution < -0.4 is 11.5 Å². The highest BCUT2D eigenvalue weighted by atomic mass is 14.5. The molecule has 0 aromatic heterocycles. The Morgan fingerprint density at radius 1 is 0.667 bits per heavy atom. The Bertz CT molecular complexity index is 136. The molecule has 3 unspecified atom stereocenters. The van der Waals surface area contributed by atoms with E-state index in [2.05, 4.69) is 20.8 Å². The molecule has 0 aliphatic heterocycles. The second kappa shape index (κ2) is 9.17. The molecule has 0 spiro atoms. The highest BCUT2D eigenvalue weighted by Crippen LogP contribution is 2.21. The van der Waals surface area contributed by atoms with Crippen molar-refractivity contribution < 1.29 is 0 Å². The molecule has 0 radical (unpaired) electrons. The second-order valence-corrected chi connectivity index (χ2v) is 5.28. The fourth-order valence-corrected chi connectivity index (χ4v) is 2.20. The van der Waals surface area contributed by atoms with Crippen molar-refractivity contribution in [3.63, 3.8) is 0 Å². The van der Waals surface area contributed by atoms with Gasteiger partial charge in [-0.3, -0.25) is 0 Å². The summed E-state index contributed by atoms with van der Waals surface area (Å²) >= 11 is 0. The van der Waals surface area contributed by atoms with E-state index in [0.717, 1.165) is 30.8 Å². The average Bonchev–Trinajstić information content (AvgIpc) is 2.15. The second-order valence-electron chi connectivity index (χ2n) is 5.28. The molecule has 92 valence electrons. The van der Waals surface area contributed by atoms with E-state index >= 15 is 0 Å². The first-order valence-electron chi connectivity index (χ1n) is 6.50. The smallest absolute Gasteiger partial charge is 0.00747 e. The van der Waals surface area contributed by atoms with Gasteiger partial charge in [0.1, 0.15) is 0 Å². The van der Waals surface area contributed by atoms with Gasteiger partial charge in [-0.15, -0.1) is 0 Å². The molecule has 3 atom stereocenters. The van der Waals surface area contributed by atoms with Crippen LogP contribution in [0.15, 0.2) is 0 Å². The highest BCUT2D eigenvalue weighted by Gasteiger charge is 2.10. The molecule has 0 heterocycles. The van der Waals surface area contributed by atoms with Crippen molar-refractivity contribution in [1.82, 2.24) is 0 Å². The van der Waals surface area contributed by atoms with E-state index in [4.69, 9.17) is 11.5 Å². The Morgan fingerprint density at radius 2 is 1.07 bits per heavy atom. The fraction of sp³-hybridized carbons (Fsp3) is 1.00. The lowest BCUT2D eigenvalue weighted by molar-refractivity contribution is 0.346. The molecule has 0 aliphatic rings. The molecule has 0 saturated carbocycles. The van der Waals surface area contributed by atoms with E-state index in [1.54, 1.807) is 0 Å². The summed E-state index contributed by atoms with van der Waals surface area (Å²) in [6.07, 6.45) is 6.34. The first kappa shape index (κ1) is 14.9. The van der Waals surface area contributed by atoms with Crippen molar-refractivity contribution in [2.24, 2.45) is 29.2 Å². The van der Waals surface area contributed by atoms with E-state index in [9.17, 15) is 0 Å². The summed E-state index contributed by atoms with van der Waals surface area (Å²) in [4.78, 5) is 0. The third-order valence-electron chi connectivity index (χ3n) is 3.28. The standard InChI is InChI=1S/C13H30N2/c1-11(6-8-14)4-5-12(2)10-13(3)7-9-15/h11-13H,4-10,14-15H2,1-3H3. The monoisotopic (exact) mass is 214 g/mol. The predicted molar refractivity (Wildman–Crippen MR) is 68.7 cm³/mol. The van der Waals surface area contributed by atoms with Crippen molar-refractivity contribution in [3.8, 4) is 0 Å². The zero-order valence-electron chi connectivity index (χ0n) is 10.8. The molecular formula is C13H30N2. The number of nitrogens with two attached hydrogens (primary N) is 2. The van der Waals surface area contributed by atoms with Crippen LogP contribution in [-0.4, -0.2) is 13.1 Å². The zero-order valence-corrected chi connectivity index (χ0v) is 10.8. The van der Waals surface area contributed by atoms with Crippen LogP contribution in [0.4, 0.5) is 0 Å². The van der Waals surface area contributed by atoms with Gasteiger partial charge in [0.2, 0.25) is 0 Å². The molecule has 0 rings (SSSR count). The summed E-state index contributed by atoms with van der Waals surface area (Å²) in [5.74, 6) is 2.42. The number of rotatable bonds is 9. The Kier molecular flexibility index (Phi) is 9.12. The third kappa shape index (κ3) is 8.88. The maximum Gasteiger partial charge on any atom is -0.00747 e. The minimum absolute atomic E-state index is 0.787. The zero-order chi connectivity index (χ0) is 11.7. The average molecular weight is 214 g/mol. The van der Waals surface area contributed by atoms with Gasteiger partial charge in [0.05, 0.1) is 0 Å². The predicted octanol–water partition coefficient (Wildman–Crippen LogP) is 2.76. The van der Waals surface area contributed by atoms with Gasteiger partial charge in [0.25, 0.3) is 0 Å². The van der Waals surface area contributed by atoms with Crippen LogP contribution >= 0.6 is 0 Å². The normalized spacial score (nSPS) is 17.4. The van der Waals surface area contributed by atoms with Crippen molar-refractivity contribution in [3.05, 3.63) is 0 Å². The maximum absolute atomic E-state index is 5.55. The van der Waals surface area contributed by atoms with Gasteiger partial charge < -0.3 is 11.5 Å². The first-order chi connectivity index (χ1) is 7.10. The first-order valence-corrected chi connectivity index (χ1v) is 6.50. The van der Waals surface area contributed by atoms with E-state index in [-0.39, 0.29) is 0 Å². The van der Waals surface area contributed by atoms with Gasteiger partial charge in [0.15, 0.2) is 0 Å². The lowest BCUT2D eigenvalue weighted by atomic mass is 9.89. The Morgan fingerprint density at radius 3 is 1.60 bits per heavy atom. The van der Waals surface area contributed by atoms with E-state index in [1.807, 2.05) is 0 Å². The molecule has 0 amide bonds. The summed E-state index contributed by atoms with van der Waals surface area (Å²) in [6, 6.07) is 0. The summed E-state index contributed by atoms with van der Waals surface area (Å²) < 4.78 is 0. The van der Waals surface area contributed by atoms with Gasteiger partial charge in [-0.2, -0.15) is 0 Å². The molecule has 2 nitrogen and oxygen atoms in total. The highest BCUT2D eigenvalue weighted by molar-refractivity contribution is 4.63. The van der Waals surface area contributed by atoms with Crippen molar-refractivity contribution >= 4 is 0 Å². The van der Waals surface area contributed by atoms with E-state index in [0.29, 0.717) is 0 Å². The van der Waals surface area contributed by atoms with Crippen LogP contribution in [0.2, 0.25) is 0 Å². The molecule has 2 heteroatoms. The minimum Gasteiger partial charge on any atom is -0.330 e. The molecule has 0 aliphatic carbocycles. The van der Waals surface area contributed by atoms with Crippen molar-refractivity contribution in [2.45, 2.75) is 52.9 Å². The van der Waals surface area contributed by atoms with Gasteiger partial charge in [-0.1, -0.05) is 33.6 Å². The molecule has 0 saturated heterocycles. The van der Waals surface area contributed by atoms with Gasteiger partial charge in [-0.25, -0.2) is 0 Å². The fourth-order valence-electron chi connectivity index (χ4n) is 2.20. The molecule has 0 aromatic rings. The molecule has 0 bridgehead atoms. The third-order valence-corrected chi connectivity index (χ3v) is 3.28. The van der Waals surface area contributed by atoms with Crippen LogP contribution in [0.3, 0.4) is 0 Å².